The molecule has 0 atom stereocenters. The standard InChI is InChI=1S/C23H17N2O.C5H8O2.Ir/c1-14-10-15(13-24)6-7-18(14)22-23-19(8-9-25-22)20-11-16-4-2-3-5-17(16)12-21(20)26-23;1-4(6)3-5(2)7;/h6,8-12H,2-5H2,1H3;3,6H,1-2H3;/q-1;;/b;4-3-;. The van der Waals surface area contributed by atoms with Crippen molar-refractivity contribution in [2.75, 3.05) is 0 Å². The van der Waals surface area contributed by atoms with Crippen LogP contribution in [-0.2, 0) is 37.7 Å². The van der Waals surface area contributed by atoms with Crippen molar-refractivity contribution in [2.45, 2.75) is 46.5 Å². The van der Waals surface area contributed by atoms with Crippen LogP contribution in [0, 0.1) is 24.3 Å². The van der Waals surface area contributed by atoms with Crippen molar-refractivity contribution in [1.29, 1.82) is 5.26 Å². The summed E-state index contributed by atoms with van der Waals surface area (Å²) in [5, 5.41) is 19.7. The number of allylic oxidation sites excluding steroid dienone is 2. The average Bonchev–Trinajstić information content (AvgIpc) is 3.14. The molecule has 2 aromatic heterocycles. The summed E-state index contributed by atoms with van der Waals surface area (Å²) in [6, 6.07) is 15.5. The van der Waals surface area contributed by atoms with E-state index in [1.165, 1.54) is 43.9 Å². The van der Waals surface area contributed by atoms with Crippen molar-refractivity contribution >= 4 is 27.7 Å². The summed E-state index contributed by atoms with van der Waals surface area (Å²) in [5.74, 6) is -0.0625. The van der Waals surface area contributed by atoms with Gasteiger partial charge in [0.15, 0.2) is 5.78 Å². The second-order valence-electron chi connectivity index (χ2n) is 8.42. The molecule has 5 rings (SSSR count). The monoisotopic (exact) mass is 630 g/mol. The van der Waals surface area contributed by atoms with Crippen LogP contribution >= 0.6 is 0 Å². The number of pyridine rings is 1. The van der Waals surface area contributed by atoms with E-state index in [1.807, 2.05) is 25.3 Å². The van der Waals surface area contributed by atoms with Gasteiger partial charge in [0.1, 0.15) is 11.2 Å². The number of aliphatic hydroxyl groups is 1. The summed E-state index contributed by atoms with van der Waals surface area (Å²) in [5.41, 5.74) is 7.86. The van der Waals surface area contributed by atoms with E-state index < -0.39 is 0 Å². The number of rotatable bonds is 2. The number of nitriles is 1. The van der Waals surface area contributed by atoms with Gasteiger partial charge in [0.2, 0.25) is 0 Å². The maximum absolute atomic E-state index is 10.0. The summed E-state index contributed by atoms with van der Waals surface area (Å²) in [6.45, 7) is 4.83. The minimum atomic E-state index is -0.125. The number of aromatic nitrogens is 1. The molecule has 0 saturated carbocycles. The topological polar surface area (TPSA) is 87.1 Å². The van der Waals surface area contributed by atoms with Crippen LogP contribution in [0.5, 0.6) is 0 Å². The zero-order valence-corrected chi connectivity index (χ0v) is 21.8. The summed E-state index contributed by atoms with van der Waals surface area (Å²) >= 11 is 0. The Balaban J connectivity index is 0.000000357. The Morgan fingerprint density at radius 1 is 1.18 bits per heavy atom. The third-order valence-electron chi connectivity index (χ3n) is 5.77. The first-order valence-electron chi connectivity index (χ1n) is 11.0. The number of aliphatic hydroxyl groups excluding tert-OH is 1. The summed E-state index contributed by atoms with van der Waals surface area (Å²) in [7, 11) is 0. The number of benzene rings is 2. The molecule has 4 aromatic rings. The largest absolute Gasteiger partial charge is 0.512 e. The van der Waals surface area contributed by atoms with Crippen molar-refractivity contribution < 1.29 is 34.4 Å². The van der Waals surface area contributed by atoms with Crippen LogP contribution in [0.25, 0.3) is 33.2 Å². The molecule has 175 valence electrons. The maximum atomic E-state index is 10.0. The van der Waals surface area contributed by atoms with Crippen molar-refractivity contribution in [3.8, 4) is 17.3 Å². The van der Waals surface area contributed by atoms with Gasteiger partial charge >= 0.3 is 0 Å². The molecule has 5 nitrogen and oxygen atoms in total. The Hall–Kier alpha value is -3.26. The van der Waals surface area contributed by atoms with Gasteiger partial charge in [-0.25, -0.2) is 5.26 Å². The summed E-state index contributed by atoms with van der Waals surface area (Å²) in [6.07, 6.45) is 7.80. The van der Waals surface area contributed by atoms with Gasteiger partial charge in [0.05, 0.1) is 5.76 Å². The molecule has 0 bridgehead atoms. The van der Waals surface area contributed by atoms with Crippen molar-refractivity contribution in [1.82, 2.24) is 4.98 Å². The molecule has 0 fully saturated rings. The van der Waals surface area contributed by atoms with E-state index in [0.717, 1.165) is 51.6 Å². The van der Waals surface area contributed by atoms with Crippen LogP contribution in [0.15, 0.2) is 52.8 Å². The summed E-state index contributed by atoms with van der Waals surface area (Å²) in [4.78, 5) is 14.6. The molecule has 6 heteroatoms. The molecule has 0 spiro atoms. The molecule has 34 heavy (non-hydrogen) atoms. The molecule has 2 heterocycles. The Labute approximate surface area is 212 Å². The number of fused-ring (bicyclic) bond motifs is 4. The Morgan fingerprint density at radius 2 is 1.88 bits per heavy atom. The number of aryl methyl sites for hydroxylation is 3. The first kappa shape index (κ1) is 25.4. The molecule has 0 aliphatic heterocycles. The second-order valence-corrected chi connectivity index (χ2v) is 8.42. The molecule has 0 saturated heterocycles. The van der Waals surface area contributed by atoms with E-state index in [9.17, 15) is 4.79 Å². The molecule has 1 aliphatic rings. The molecular weight excluding hydrogens is 605 g/mol. The van der Waals surface area contributed by atoms with E-state index in [-0.39, 0.29) is 31.6 Å². The fraction of sp³-hybridized carbons (Fsp3) is 0.250. The van der Waals surface area contributed by atoms with Gasteiger partial charge in [-0.2, -0.15) is 0 Å². The van der Waals surface area contributed by atoms with Crippen molar-refractivity contribution in [2.24, 2.45) is 0 Å². The number of hydrogen-bond acceptors (Lipinski definition) is 5. The van der Waals surface area contributed by atoms with E-state index in [2.05, 4.69) is 29.3 Å². The van der Waals surface area contributed by atoms with Crippen LogP contribution in [-0.4, -0.2) is 15.9 Å². The molecule has 0 unspecified atom stereocenters. The molecular formula is C28H25IrN2O3-. The van der Waals surface area contributed by atoms with E-state index in [1.54, 1.807) is 6.07 Å². The zero-order valence-electron chi connectivity index (χ0n) is 19.4. The smallest absolute Gasteiger partial charge is 0.155 e. The van der Waals surface area contributed by atoms with Crippen molar-refractivity contribution in [3.63, 3.8) is 0 Å². The number of hydrogen-bond donors (Lipinski definition) is 1. The van der Waals surface area contributed by atoms with E-state index in [4.69, 9.17) is 14.8 Å². The fourth-order valence-electron chi connectivity index (χ4n) is 4.33. The minimum Gasteiger partial charge on any atom is -0.512 e. The van der Waals surface area contributed by atoms with Crippen LogP contribution in [0.4, 0.5) is 0 Å². The molecule has 2 aromatic carbocycles. The molecule has 1 N–H and O–H groups in total. The number of ketones is 1. The van der Waals surface area contributed by atoms with Gasteiger partial charge < -0.3 is 14.5 Å². The van der Waals surface area contributed by atoms with Crippen LogP contribution in [0.3, 0.4) is 0 Å². The first-order chi connectivity index (χ1) is 15.9. The third-order valence-corrected chi connectivity index (χ3v) is 5.77. The van der Waals surface area contributed by atoms with Crippen LogP contribution in [0.1, 0.15) is 48.9 Å². The normalized spacial score (nSPS) is 12.8. The number of carbonyl (C=O) groups excluding carboxylic acids is 1. The minimum absolute atomic E-state index is 0. The van der Waals surface area contributed by atoms with Gasteiger partial charge in [0.25, 0.3) is 0 Å². The number of carbonyl (C=O) groups is 1. The molecule has 0 amide bonds. The van der Waals surface area contributed by atoms with Gasteiger partial charge in [0, 0.05) is 54.9 Å². The van der Waals surface area contributed by atoms with Gasteiger partial charge in [-0.15, -0.1) is 29.3 Å². The molecule has 1 aliphatic carbocycles. The second kappa shape index (κ2) is 10.8. The van der Waals surface area contributed by atoms with Gasteiger partial charge in [-0.05, 0) is 74.4 Å². The predicted molar refractivity (Wildman–Crippen MR) is 129 cm³/mol. The van der Waals surface area contributed by atoms with Crippen LogP contribution < -0.4 is 0 Å². The quantitative estimate of drug-likeness (QED) is 0.155. The number of nitrogens with zero attached hydrogens (tertiary/aromatic N) is 2. The van der Waals surface area contributed by atoms with E-state index >= 15 is 0 Å². The zero-order chi connectivity index (χ0) is 23.5. The Kier molecular flexibility index (Phi) is 8.04. The van der Waals surface area contributed by atoms with Gasteiger partial charge in [-0.1, -0.05) is 6.92 Å². The number of furan rings is 1. The summed E-state index contributed by atoms with van der Waals surface area (Å²) < 4.78 is 6.27. The third kappa shape index (κ3) is 5.28. The first-order valence-corrected chi connectivity index (χ1v) is 11.0. The molecule has 1 radical (unpaired) electrons. The average molecular weight is 630 g/mol. The predicted octanol–water partition coefficient (Wildman–Crippen LogP) is 6.54. The van der Waals surface area contributed by atoms with Crippen LogP contribution in [0.2, 0.25) is 0 Å². The Bertz CT molecular complexity index is 1440. The van der Waals surface area contributed by atoms with E-state index in [0.29, 0.717) is 5.56 Å². The van der Waals surface area contributed by atoms with Gasteiger partial charge in [-0.3, -0.25) is 4.79 Å². The SMILES string of the molecule is CC(=O)/C=C(/C)O.Cc1cc(C#N)c[c-]c1-c1nccc2c1oc1cc3c(cc12)CCCC3.[Ir]. The maximum Gasteiger partial charge on any atom is 0.155 e. The fourth-order valence-corrected chi connectivity index (χ4v) is 4.33. The Morgan fingerprint density at radius 3 is 2.47 bits per heavy atom. The van der Waals surface area contributed by atoms with Crippen molar-refractivity contribution in [3.05, 3.63) is 76.7 Å².